The van der Waals surface area contributed by atoms with Crippen LogP contribution in [0.4, 0.5) is 0 Å². The summed E-state index contributed by atoms with van der Waals surface area (Å²) in [5, 5.41) is 0.612. The molecule has 0 aliphatic carbocycles. The molecule has 86 valence electrons. The van der Waals surface area contributed by atoms with Crippen LogP contribution in [0, 0.1) is 6.92 Å². The van der Waals surface area contributed by atoms with Crippen molar-refractivity contribution in [3.63, 3.8) is 0 Å². The fraction of sp³-hybridized carbons (Fsp3) is 0.0714. The molecule has 2 aromatic carbocycles. The van der Waals surface area contributed by atoms with Crippen molar-refractivity contribution in [2.45, 2.75) is 6.92 Å². The fourth-order valence-corrected chi connectivity index (χ4v) is 2.14. The molecule has 17 heavy (non-hydrogen) atoms. The molecule has 2 aromatic rings. The number of hydrogen-bond acceptors (Lipinski definition) is 1. The SMILES string of the molecule is Cc1cccc(-c2ccccc2Cl)c1C(N)=O. The molecular weight excluding hydrogens is 234 g/mol. The van der Waals surface area contributed by atoms with E-state index in [9.17, 15) is 4.79 Å². The molecule has 0 fully saturated rings. The highest BCUT2D eigenvalue weighted by atomic mass is 35.5. The van der Waals surface area contributed by atoms with Crippen molar-refractivity contribution in [2.24, 2.45) is 5.73 Å². The van der Waals surface area contributed by atoms with E-state index >= 15 is 0 Å². The molecule has 0 saturated carbocycles. The van der Waals surface area contributed by atoms with E-state index in [2.05, 4.69) is 0 Å². The van der Waals surface area contributed by atoms with Gasteiger partial charge in [-0.2, -0.15) is 0 Å². The van der Waals surface area contributed by atoms with Crippen LogP contribution in [0.5, 0.6) is 0 Å². The van der Waals surface area contributed by atoms with Crippen LogP contribution in [0.15, 0.2) is 42.5 Å². The number of carbonyl (C=O) groups excluding carboxylic acids is 1. The number of carbonyl (C=O) groups is 1. The molecule has 0 aromatic heterocycles. The third-order valence-electron chi connectivity index (χ3n) is 2.68. The number of nitrogens with two attached hydrogens (primary N) is 1. The predicted octanol–water partition coefficient (Wildman–Crippen LogP) is 3.41. The van der Waals surface area contributed by atoms with Gasteiger partial charge in [0, 0.05) is 16.1 Å². The molecule has 0 unspecified atom stereocenters. The summed E-state index contributed by atoms with van der Waals surface area (Å²) in [6.07, 6.45) is 0. The third-order valence-corrected chi connectivity index (χ3v) is 3.01. The van der Waals surface area contributed by atoms with E-state index < -0.39 is 5.91 Å². The lowest BCUT2D eigenvalue weighted by Gasteiger charge is -2.11. The van der Waals surface area contributed by atoms with Crippen LogP contribution in [0.3, 0.4) is 0 Å². The van der Waals surface area contributed by atoms with Gasteiger partial charge < -0.3 is 5.73 Å². The zero-order valence-electron chi connectivity index (χ0n) is 9.41. The Kier molecular flexibility index (Phi) is 3.16. The average molecular weight is 246 g/mol. The third kappa shape index (κ3) is 2.17. The van der Waals surface area contributed by atoms with Gasteiger partial charge in [0.15, 0.2) is 0 Å². The maximum absolute atomic E-state index is 11.5. The molecule has 0 spiro atoms. The van der Waals surface area contributed by atoms with Crippen molar-refractivity contribution in [3.05, 3.63) is 58.6 Å². The zero-order chi connectivity index (χ0) is 12.4. The molecule has 0 aliphatic heterocycles. The van der Waals surface area contributed by atoms with Gasteiger partial charge in [-0.25, -0.2) is 0 Å². The van der Waals surface area contributed by atoms with Crippen LogP contribution in [-0.2, 0) is 0 Å². The highest BCUT2D eigenvalue weighted by Crippen LogP contribution is 2.31. The van der Waals surface area contributed by atoms with E-state index in [4.69, 9.17) is 17.3 Å². The van der Waals surface area contributed by atoms with E-state index in [1.807, 2.05) is 43.3 Å². The number of hydrogen-bond donors (Lipinski definition) is 1. The minimum absolute atomic E-state index is 0.432. The number of rotatable bonds is 2. The zero-order valence-corrected chi connectivity index (χ0v) is 10.2. The first kappa shape index (κ1) is 11.7. The minimum Gasteiger partial charge on any atom is -0.366 e. The molecule has 3 heteroatoms. The maximum atomic E-state index is 11.5. The van der Waals surface area contributed by atoms with Crippen molar-refractivity contribution >= 4 is 17.5 Å². The van der Waals surface area contributed by atoms with Gasteiger partial charge in [0.25, 0.3) is 0 Å². The molecule has 2 rings (SSSR count). The van der Waals surface area contributed by atoms with E-state index in [1.165, 1.54) is 0 Å². The second-order valence-corrected chi connectivity index (χ2v) is 4.25. The van der Waals surface area contributed by atoms with Crippen molar-refractivity contribution in [1.29, 1.82) is 0 Å². The van der Waals surface area contributed by atoms with Gasteiger partial charge in [0.05, 0.1) is 0 Å². The Hall–Kier alpha value is -1.80. The molecule has 0 bridgehead atoms. The molecule has 1 amide bonds. The summed E-state index contributed by atoms with van der Waals surface area (Å²) < 4.78 is 0. The molecule has 0 heterocycles. The van der Waals surface area contributed by atoms with E-state index in [0.717, 1.165) is 16.7 Å². The minimum atomic E-state index is -0.432. The number of primary amides is 1. The summed E-state index contributed by atoms with van der Waals surface area (Å²) >= 11 is 6.14. The van der Waals surface area contributed by atoms with Crippen LogP contribution in [-0.4, -0.2) is 5.91 Å². The normalized spacial score (nSPS) is 10.2. The highest BCUT2D eigenvalue weighted by molar-refractivity contribution is 6.33. The van der Waals surface area contributed by atoms with E-state index in [1.54, 1.807) is 6.07 Å². The highest BCUT2D eigenvalue weighted by Gasteiger charge is 2.14. The maximum Gasteiger partial charge on any atom is 0.249 e. The Morgan fingerprint density at radius 3 is 2.35 bits per heavy atom. The second-order valence-electron chi connectivity index (χ2n) is 3.84. The number of aryl methyl sites for hydroxylation is 1. The molecule has 2 nitrogen and oxygen atoms in total. The summed E-state index contributed by atoms with van der Waals surface area (Å²) in [5.74, 6) is -0.432. The summed E-state index contributed by atoms with van der Waals surface area (Å²) in [4.78, 5) is 11.5. The Morgan fingerprint density at radius 1 is 1.06 bits per heavy atom. The Balaban J connectivity index is 2.72. The van der Waals surface area contributed by atoms with Crippen molar-refractivity contribution in [2.75, 3.05) is 0 Å². The number of benzene rings is 2. The van der Waals surface area contributed by atoms with Gasteiger partial charge in [-0.15, -0.1) is 0 Å². The number of halogens is 1. The van der Waals surface area contributed by atoms with Gasteiger partial charge >= 0.3 is 0 Å². The van der Waals surface area contributed by atoms with Crippen LogP contribution in [0.2, 0.25) is 5.02 Å². The van der Waals surface area contributed by atoms with Crippen LogP contribution >= 0.6 is 11.6 Å². The standard InChI is InChI=1S/C14H12ClNO/c1-9-5-4-7-11(13(9)14(16)17)10-6-2-3-8-12(10)15/h2-8H,1H3,(H2,16,17). The van der Waals surface area contributed by atoms with Gasteiger partial charge in [0.2, 0.25) is 5.91 Å². The van der Waals surface area contributed by atoms with Gasteiger partial charge in [-0.3, -0.25) is 4.79 Å². The quantitative estimate of drug-likeness (QED) is 0.866. The van der Waals surface area contributed by atoms with Crippen LogP contribution < -0.4 is 5.73 Å². The molecular formula is C14H12ClNO. The first-order valence-corrected chi connectivity index (χ1v) is 5.63. The fourth-order valence-electron chi connectivity index (χ4n) is 1.90. The lowest BCUT2D eigenvalue weighted by molar-refractivity contribution is 0.100. The smallest absolute Gasteiger partial charge is 0.249 e. The van der Waals surface area contributed by atoms with Crippen molar-refractivity contribution in [3.8, 4) is 11.1 Å². The summed E-state index contributed by atoms with van der Waals surface area (Å²) in [6, 6.07) is 13.0. The van der Waals surface area contributed by atoms with Crippen LogP contribution in [0.25, 0.3) is 11.1 Å². The van der Waals surface area contributed by atoms with Crippen molar-refractivity contribution < 1.29 is 4.79 Å². The van der Waals surface area contributed by atoms with Gasteiger partial charge in [0.1, 0.15) is 0 Å². The monoisotopic (exact) mass is 245 g/mol. The first-order valence-electron chi connectivity index (χ1n) is 5.25. The Labute approximate surface area is 105 Å². The van der Waals surface area contributed by atoms with Crippen LogP contribution in [0.1, 0.15) is 15.9 Å². The topological polar surface area (TPSA) is 43.1 Å². The lowest BCUT2D eigenvalue weighted by Crippen LogP contribution is -2.14. The molecule has 0 radical (unpaired) electrons. The average Bonchev–Trinajstić information content (AvgIpc) is 2.28. The predicted molar refractivity (Wildman–Crippen MR) is 70.1 cm³/mol. The van der Waals surface area contributed by atoms with E-state index in [0.29, 0.717) is 10.6 Å². The largest absolute Gasteiger partial charge is 0.366 e. The second kappa shape index (κ2) is 4.60. The molecule has 0 atom stereocenters. The molecule has 2 N–H and O–H groups in total. The number of amides is 1. The first-order chi connectivity index (χ1) is 8.11. The van der Waals surface area contributed by atoms with Gasteiger partial charge in [-0.1, -0.05) is 48.0 Å². The summed E-state index contributed by atoms with van der Waals surface area (Å²) in [7, 11) is 0. The van der Waals surface area contributed by atoms with Crippen molar-refractivity contribution in [1.82, 2.24) is 0 Å². The summed E-state index contributed by atoms with van der Waals surface area (Å²) in [6.45, 7) is 1.86. The van der Waals surface area contributed by atoms with E-state index in [-0.39, 0.29) is 0 Å². The molecule has 0 saturated heterocycles. The summed E-state index contributed by atoms with van der Waals surface area (Å²) in [5.41, 5.74) is 8.41. The Morgan fingerprint density at radius 2 is 1.71 bits per heavy atom. The Bertz CT molecular complexity index is 578. The molecule has 0 aliphatic rings. The van der Waals surface area contributed by atoms with Gasteiger partial charge in [-0.05, 0) is 24.1 Å². The lowest BCUT2D eigenvalue weighted by atomic mass is 9.95.